The number of rotatable bonds is 4. The number of benzene rings is 1. The van der Waals surface area contributed by atoms with E-state index < -0.39 is 5.82 Å². The Balaban J connectivity index is 1.37. The molecule has 1 aromatic carbocycles. The number of phenolic OH excluding ortho intramolecular Hbond substituents is 1. The Morgan fingerprint density at radius 3 is 2.94 bits per heavy atom. The number of halogens is 1. The van der Waals surface area contributed by atoms with E-state index in [1.54, 1.807) is 12.3 Å². The third kappa shape index (κ3) is 3.82. The number of aryl methyl sites for hydroxylation is 2. The van der Waals surface area contributed by atoms with Crippen LogP contribution in [-0.4, -0.2) is 26.9 Å². The second kappa shape index (κ2) is 8.38. The number of aromatic nitrogens is 1. The van der Waals surface area contributed by atoms with Crippen LogP contribution in [0.15, 0.2) is 23.5 Å². The highest BCUT2D eigenvalue weighted by molar-refractivity contribution is 7.15. The summed E-state index contributed by atoms with van der Waals surface area (Å²) in [4.78, 5) is 17.9. The molecule has 5 atom stereocenters. The van der Waals surface area contributed by atoms with Crippen LogP contribution in [0.5, 0.6) is 5.75 Å². The van der Waals surface area contributed by atoms with Crippen LogP contribution in [0.2, 0.25) is 0 Å². The van der Waals surface area contributed by atoms with E-state index in [0.29, 0.717) is 23.9 Å². The average molecular weight is 472 g/mol. The Hall–Kier alpha value is -2.48. The molecule has 2 aromatic rings. The highest BCUT2D eigenvalue weighted by Crippen LogP contribution is 2.62. The molecule has 5 rings (SSSR count). The van der Waals surface area contributed by atoms with E-state index in [2.05, 4.69) is 22.4 Å². The average Bonchev–Trinajstić information content (AvgIpc) is 3.32. The maximum absolute atomic E-state index is 14.2. The fourth-order valence-electron chi connectivity index (χ4n) is 6.99. The van der Waals surface area contributed by atoms with Gasteiger partial charge in [-0.1, -0.05) is 12.1 Å². The molecule has 3 aliphatic rings. The van der Waals surface area contributed by atoms with E-state index in [9.17, 15) is 19.5 Å². The van der Waals surface area contributed by atoms with E-state index in [4.69, 9.17) is 0 Å². The summed E-state index contributed by atoms with van der Waals surface area (Å²) in [7, 11) is 0. The molecule has 0 saturated heterocycles. The third-order valence-corrected chi connectivity index (χ3v) is 9.23. The van der Waals surface area contributed by atoms with Crippen molar-refractivity contribution < 1.29 is 19.5 Å². The topological polar surface area (TPSA) is 94.8 Å². The molecule has 0 spiro atoms. The molecule has 8 heteroatoms. The van der Waals surface area contributed by atoms with Crippen molar-refractivity contribution in [1.29, 1.82) is 0 Å². The van der Waals surface area contributed by atoms with Crippen molar-refractivity contribution in [3.63, 3.8) is 0 Å². The van der Waals surface area contributed by atoms with Gasteiger partial charge in [0.25, 0.3) is 0 Å². The lowest BCUT2D eigenvalue weighted by atomic mass is 9.54. The summed E-state index contributed by atoms with van der Waals surface area (Å²) in [5, 5.41) is 26.9. The summed E-state index contributed by atoms with van der Waals surface area (Å²) in [6.07, 6.45) is 7.11. The number of fused-ring (bicyclic) bond motifs is 5. The minimum atomic E-state index is -0.558. The largest absolute Gasteiger partial charge is 0.505 e. The first kappa shape index (κ1) is 22.3. The number of carbonyl (C=O) groups is 1. The Bertz CT molecular complexity index is 1120. The van der Waals surface area contributed by atoms with Gasteiger partial charge in [-0.05, 0) is 92.4 Å². The number of anilines is 1. The highest BCUT2D eigenvalue weighted by atomic mass is 32.1. The molecule has 1 aromatic heterocycles. The fourth-order valence-corrected chi connectivity index (χ4v) is 7.67. The zero-order valence-electron chi connectivity index (χ0n) is 19.0. The molecule has 33 heavy (non-hydrogen) atoms. The summed E-state index contributed by atoms with van der Waals surface area (Å²) in [6.45, 7) is 4.16. The van der Waals surface area contributed by atoms with Gasteiger partial charge < -0.3 is 15.6 Å². The second-order valence-corrected chi connectivity index (χ2v) is 11.4. The van der Waals surface area contributed by atoms with E-state index in [1.807, 2.05) is 6.92 Å². The van der Waals surface area contributed by atoms with Gasteiger partial charge in [-0.3, -0.25) is 4.79 Å². The first-order valence-corrected chi connectivity index (χ1v) is 12.6. The van der Waals surface area contributed by atoms with Gasteiger partial charge in [0, 0.05) is 22.9 Å². The highest BCUT2D eigenvalue weighted by Gasteiger charge is 2.57. The van der Waals surface area contributed by atoms with E-state index in [0.717, 1.165) is 53.8 Å². The lowest BCUT2D eigenvalue weighted by Crippen LogP contribution is -2.44. The van der Waals surface area contributed by atoms with Crippen molar-refractivity contribution in [2.24, 2.45) is 28.3 Å². The molecule has 6 nitrogen and oxygen atoms in total. The summed E-state index contributed by atoms with van der Waals surface area (Å²) >= 11 is 1.46. The van der Waals surface area contributed by atoms with Crippen LogP contribution in [0.4, 0.5) is 9.52 Å². The SMILES string of the molecule is Cc1cnc(NC(=O)CC[C@@H]2C/C(=N\O)[C@@]3(C)CCC4c5cc(F)c(O)cc5CCC4C23)s1. The van der Waals surface area contributed by atoms with E-state index in [-0.39, 0.29) is 34.8 Å². The van der Waals surface area contributed by atoms with Crippen molar-refractivity contribution in [1.82, 2.24) is 4.98 Å². The molecule has 3 aliphatic carbocycles. The van der Waals surface area contributed by atoms with Gasteiger partial charge in [-0.25, -0.2) is 9.37 Å². The zero-order valence-corrected chi connectivity index (χ0v) is 19.8. The minimum absolute atomic E-state index is 0.0423. The number of amides is 1. The molecule has 0 radical (unpaired) electrons. The molecule has 1 amide bonds. The monoisotopic (exact) mass is 471 g/mol. The number of phenols is 1. The van der Waals surface area contributed by atoms with Crippen LogP contribution in [0.1, 0.15) is 67.4 Å². The summed E-state index contributed by atoms with van der Waals surface area (Å²) < 4.78 is 14.2. The van der Waals surface area contributed by atoms with E-state index in [1.165, 1.54) is 17.4 Å². The molecular weight excluding hydrogens is 441 g/mol. The number of hydrogen-bond acceptors (Lipinski definition) is 6. The fraction of sp³-hybridized carbons (Fsp3) is 0.560. The first-order chi connectivity index (χ1) is 15.8. The van der Waals surface area contributed by atoms with Crippen molar-refractivity contribution in [3.8, 4) is 5.75 Å². The number of carbonyl (C=O) groups excluding carboxylic acids is 1. The molecule has 3 unspecified atom stereocenters. The van der Waals surface area contributed by atoms with Crippen molar-refractivity contribution in [2.75, 3.05) is 5.32 Å². The lowest BCUT2D eigenvalue weighted by Gasteiger charge is -2.50. The number of nitrogens with one attached hydrogen (secondary N) is 1. The zero-order chi connectivity index (χ0) is 23.3. The first-order valence-electron chi connectivity index (χ1n) is 11.7. The molecule has 2 fully saturated rings. The second-order valence-electron chi connectivity index (χ2n) is 10.2. The normalized spacial score (nSPS) is 31.7. The van der Waals surface area contributed by atoms with Crippen LogP contribution in [0, 0.1) is 35.9 Å². The van der Waals surface area contributed by atoms with Crippen LogP contribution < -0.4 is 5.32 Å². The maximum atomic E-state index is 14.2. The van der Waals surface area contributed by atoms with Gasteiger partial charge in [-0.2, -0.15) is 0 Å². The Morgan fingerprint density at radius 2 is 2.21 bits per heavy atom. The van der Waals surface area contributed by atoms with E-state index >= 15 is 0 Å². The summed E-state index contributed by atoms with van der Waals surface area (Å²) in [5.41, 5.74) is 2.71. The Morgan fingerprint density at radius 1 is 1.39 bits per heavy atom. The predicted octanol–water partition coefficient (Wildman–Crippen LogP) is 5.63. The van der Waals surface area contributed by atoms with Gasteiger partial charge in [0.15, 0.2) is 16.7 Å². The number of nitrogens with zero attached hydrogens (tertiary/aromatic N) is 2. The quantitative estimate of drug-likeness (QED) is 0.398. The molecule has 1 heterocycles. The molecule has 3 N–H and O–H groups in total. The Labute approximate surface area is 196 Å². The summed E-state index contributed by atoms with van der Waals surface area (Å²) in [5.74, 6) is 0.214. The summed E-state index contributed by atoms with van der Waals surface area (Å²) in [6, 6.07) is 3.12. The molecule has 2 saturated carbocycles. The maximum Gasteiger partial charge on any atom is 0.226 e. The third-order valence-electron chi connectivity index (χ3n) is 8.40. The van der Waals surface area contributed by atoms with Crippen molar-refractivity contribution in [2.45, 2.75) is 64.7 Å². The number of hydrogen-bond donors (Lipinski definition) is 3. The van der Waals surface area contributed by atoms with Crippen molar-refractivity contribution >= 4 is 28.1 Å². The van der Waals surface area contributed by atoms with Gasteiger partial charge in [0.1, 0.15) is 0 Å². The van der Waals surface area contributed by atoms with Crippen LogP contribution >= 0.6 is 11.3 Å². The number of oxime groups is 1. The van der Waals surface area contributed by atoms with Crippen LogP contribution in [0.25, 0.3) is 0 Å². The van der Waals surface area contributed by atoms with Gasteiger partial charge >= 0.3 is 0 Å². The van der Waals surface area contributed by atoms with Crippen LogP contribution in [-0.2, 0) is 11.2 Å². The molecule has 0 aliphatic heterocycles. The lowest BCUT2D eigenvalue weighted by molar-refractivity contribution is -0.116. The van der Waals surface area contributed by atoms with Crippen molar-refractivity contribution in [3.05, 3.63) is 40.2 Å². The molecular formula is C25H30FN3O3S. The smallest absolute Gasteiger partial charge is 0.226 e. The standard InChI is InChI=1S/C25H30FN3O3S/c1-13-12-27-24(33-13)28-22(31)6-4-15-10-21(29-32)25(2)8-7-16-17(23(15)25)5-3-14-9-20(30)19(26)11-18(14)16/h9,11-12,15-17,23,30,32H,3-8,10H2,1-2H3,(H,27,28,31)/b29-21+/t15-,16?,17?,23?,25-/m1/s1. The van der Waals surface area contributed by atoms with Gasteiger partial charge in [-0.15, -0.1) is 11.3 Å². The van der Waals surface area contributed by atoms with Gasteiger partial charge in [0.05, 0.1) is 5.71 Å². The van der Waals surface area contributed by atoms with Gasteiger partial charge in [0.2, 0.25) is 5.91 Å². The Kier molecular flexibility index (Phi) is 5.67. The number of aromatic hydroxyl groups is 1. The molecule has 176 valence electrons. The minimum Gasteiger partial charge on any atom is -0.505 e. The number of thiazole rings is 1. The predicted molar refractivity (Wildman–Crippen MR) is 125 cm³/mol. The van der Waals surface area contributed by atoms with Crippen LogP contribution in [0.3, 0.4) is 0 Å². The molecule has 0 bridgehead atoms.